The van der Waals surface area contributed by atoms with Gasteiger partial charge in [0.15, 0.2) is 34.6 Å². The van der Waals surface area contributed by atoms with Crippen molar-refractivity contribution in [2.24, 2.45) is 0 Å². The van der Waals surface area contributed by atoms with E-state index in [9.17, 15) is 19.2 Å². The molecular weight excluding hydrogens is 750 g/mol. The second kappa shape index (κ2) is 11.8. The molecule has 12 nitrogen and oxygen atoms in total. The normalized spacial score (nSPS) is 11.8. The maximum absolute atomic E-state index is 13.2. The van der Waals surface area contributed by atoms with Gasteiger partial charge in [-0.15, -0.1) is 0 Å². The van der Waals surface area contributed by atoms with Gasteiger partial charge in [0.05, 0.1) is 11.1 Å². The molecule has 0 spiro atoms. The molecule has 0 aliphatic carbocycles. The summed E-state index contributed by atoms with van der Waals surface area (Å²) in [6.45, 7) is 0. The molecule has 0 unspecified atom stereocenters. The number of H-pyrrole nitrogens is 1. The first-order chi connectivity index (χ1) is 25.1. The maximum Gasteiger partial charge on any atom is 0.327 e. The Morgan fingerprint density at radius 2 is 0.942 bits per heavy atom. The third-order valence-corrected chi connectivity index (χ3v) is 9.52. The van der Waals surface area contributed by atoms with Gasteiger partial charge in [0.25, 0.3) is 15.7 Å². The summed E-state index contributed by atoms with van der Waals surface area (Å²) < 4.78 is 1.19. The van der Waals surface area contributed by atoms with Gasteiger partial charge >= 0.3 is 5.37 Å². The fourth-order valence-corrected chi connectivity index (χ4v) is 7.32. The number of hydrogen-bond donors (Lipinski definition) is 1. The van der Waals surface area contributed by atoms with Crippen LogP contribution in [0.4, 0.5) is 4.79 Å². The minimum atomic E-state index is -1.14. The van der Waals surface area contributed by atoms with Crippen LogP contribution in [0.2, 0.25) is 0 Å². The van der Waals surface area contributed by atoms with Crippen molar-refractivity contribution in [2.45, 2.75) is 0 Å². The number of aromatic nitrogens is 8. The molecule has 16 heteroatoms. The van der Waals surface area contributed by atoms with E-state index in [1.165, 1.54) is 10.6 Å². The molecule has 0 radical (unpaired) electrons. The van der Waals surface area contributed by atoms with Gasteiger partial charge in [-0.25, -0.2) is 34.5 Å². The Bertz CT molecular complexity index is 3010. The summed E-state index contributed by atoms with van der Waals surface area (Å²) in [7, 11) is 0. The van der Waals surface area contributed by atoms with Crippen LogP contribution in [0.25, 0.3) is 89.7 Å². The number of halogens is 4. The van der Waals surface area contributed by atoms with Crippen molar-refractivity contribution in [1.29, 1.82) is 0 Å². The lowest BCUT2D eigenvalue weighted by Crippen LogP contribution is -2.09. The predicted octanol–water partition coefficient (Wildman–Crippen LogP) is 8.69. The van der Waals surface area contributed by atoms with Gasteiger partial charge in [-0.05, 0) is 52.5 Å². The van der Waals surface area contributed by atoms with Gasteiger partial charge < -0.3 is 4.98 Å². The first-order valence-corrected chi connectivity index (χ1v) is 16.7. The summed E-state index contributed by atoms with van der Waals surface area (Å²) in [6.07, 6.45) is 0. The van der Waals surface area contributed by atoms with Gasteiger partial charge in [0.2, 0.25) is 0 Å². The summed E-state index contributed by atoms with van der Waals surface area (Å²) in [6, 6.07) is 22.7. The van der Waals surface area contributed by atoms with E-state index < -0.39 is 32.2 Å². The highest BCUT2D eigenvalue weighted by Crippen LogP contribution is 2.39. The average Bonchev–Trinajstić information content (AvgIpc) is 3.85. The van der Waals surface area contributed by atoms with Crippen molar-refractivity contribution in [2.75, 3.05) is 0 Å². The van der Waals surface area contributed by atoms with E-state index in [2.05, 4.69) is 4.98 Å². The number of hydrogen-bond acceptors (Lipinski definition) is 10. The number of carbonyl (C=O) groups is 4. The fourth-order valence-electron chi connectivity index (χ4n) is 6.63. The van der Waals surface area contributed by atoms with Crippen LogP contribution >= 0.6 is 46.4 Å². The zero-order valence-electron chi connectivity index (χ0n) is 25.8. The van der Waals surface area contributed by atoms with Crippen molar-refractivity contribution < 1.29 is 19.2 Å². The lowest BCUT2D eigenvalue weighted by Gasteiger charge is -2.08. The van der Waals surface area contributed by atoms with Crippen molar-refractivity contribution in [1.82, 2.24) is 39.5 Å². The Kier molecular flexibility index (Phi) is 7.28. The second-order valence-electron chi connectivity index (χ2n) is 11.6. The number of fused-ring (bicyclic) bond motifs is 20. The molecule has 7 aromatic rings. The molecule has 1 N–H and O–H groups in total. The van der Waals surface area contributed by atoms with Crippen molar-refractivity contribution in [3.8, 4) is 45.6 Å². The van der Waals surface area contributed by atoms with Crippen LogP contribution in [0.3, 0.4) is 0 Å². The minimum Gasteiger partial charge on any atom is -0.324 e. The number of benzene rings is 4. The van der Waals surface area contributed by atoms with Gasteiger partial charge in [-0.1, -0.05) is 72.8 Å². The Morgan fingerprint density at radius 1 is 0.500 bits per heavy atom. The van der Waals surface area contributed by atoms with Crippen LogP contribution in [-0.4, -0.2) is 60.5 Å². The summed E-state index contributed by atoms with van der Waals surface area (Å²) in [5, 5.41) is -2.86. The molecule has 0 saturated heterocycles. The molecule has 8 bridgehead atoms. The van der Waals surface area contributed by atoms with E-state index >= 15 is 0 Å². The molecule has 0 atom stereocenters. The third-order valence-electron chi connectivity index (χ3n) is 8.77. The number of nitrogens with one attached hydrogen (secondary N) is 1. The molecular formula is C36H14Cl4N8O4. The second-order valence-corrected chi connectivity index (χ2v) is 12.9. The molecule has 250 valence electrons. The highest BCUT2D eigenvalue weighted by molar-refractivity contribution is 6.75. The Hall–Kier alpha value is -5.92. The molecule has 2 aliphatic rings. The zero-order chi connectivity index (χ0) is 36.0. The van der Waals surface area contributed by atoms with E-state index in [4.69, 9.17) is 76.3 Å². The Morgan fingerprint density at radius 3 is 1.38 bits per heavy atom. The summed E-state index contributed by atoms with van der Waals surface area (Å²) in [5.74, 6) is 0.716. The van der Waals surface area contributed by atoms with Crippen LogP contribution in [0.15, 0.2) is 78.9 Å². The van der Waals surface area contributed by atoms with Gasteiger partial charge in [0.1, 0.15) is 11.3 Å². The molecule has 2 aliphatic heterocycles. The van der Waals surface area contributed by atoms with Crippen LogP contribution in [0.5, 0.6) is 0 Å². The average molecular weight is 764 g/mol. The zero-order valence-corrected chi connectivity index (χ0v) is 28.8. The maximum atomic E-state index is 13.2. The van der Waals surface area contributed by atoms with E-state index in [0.717, 1.165) is 0 Å². The summed E-state index contributed by atoms with van der Waals surface area (Å²) in [4.78, 5) is 83.8. The number of nitrogens with zero attached hydrogens (tertiary/aromatic N) is 7. The Labute approximate surface area is 310 Å². The predicted molar refractivity (Wildman–Crippen MR) is 197 cm³/mol. The summed E-state index contributed by atoms with van der Waals surface area (Å²) in [5.41, 5.74) is 1.42. The number of rotatable bonds is 3. The topological polar surface area (TPSA) is 166 Å². The van der Waals surface area contributed by atoms with Gasteiger partial charge in [-0.2, -0.15) is 0 Å². The van der Waals surface area contributed by atoms with Crippen molar-refractivity contribution >= 4 is 112 Å². The molecule has 0 fully saturated rings. The van der Waals surface area contributed by atoms with E-state index in [-0.39, 0.29) is 62.2 Å². The molecule has 0 amide bonds. The lowest BCUT2D eigenvalue weighted by molar-refractivity contribution is 0.104. The Balaban J connectivity index is 1.58. The highest BCUT2D eigenvalue weighted by Gasteiger charge is 2.29. The van der Waals surface area contributed by atoms with Crippen molar-refractivity contribution in [3.05, 3.63) is 95.6 Å². The van der Waals surface area contributed by atoms with E-state index in [1.807, 2.05) is 0 Å². The lowest BCUT2D eigenvalue weighted by atomic mass is 9.97. The van der Waals surface area contributed by atoms with Crippen LogP contribution in [0.1, 0.15) is 31.1 Å². The monoisotopic (exact) mass is 762 g/mol. The standard InChI is InChI=1S/C36H14Cl4N8O4/c37-25(49)20-13-21-23(24(27(39)51)22(20)26(38)50)33-44-29-15-8-2-4-10-17(15)31(42-29)47-35-19-12-6-5-11-18(19)34(48(35)36(40)52)46-30-16-9-3-1-7-14(16)28(41-30)43-32(21)45-33/h1-13H,(H,41,42,43,44,45,46,47). The fraction of sp³-hybridized carbons (Fsp3) is 0. The van der Waals surface area contributed by atoms with Crippen molar-refractivity contribution in [3.63, 3.8) is 0 Å². The van der Waals surface area contributed by atoms with Gasteiger partial charge in [-0.3, -0.25) is 19.2 Å². The van der Waals surface area contributed by atoms with E-state index in [1.54, 1.807) is 72.8 Å². The molecule has 4 aromatic carbocycles. The number of carbonyl (C=O) groups excluding carboxylic acids is 4. The van der Waals surface area contributed by atoms with Gasteiger partial charge in [0, 0.05) is 49.4 Å². The molecule has 9 rings (SSSR count). The molecule has 52 heavy (non-hydrogen) atoms. The highest BCUT2D eigenvalue weighted by atomic mass is 35.5. The summed E-state index contributed by atoms with van der Waals surface area (Å²) >= 11 is 24.3. The molecule has 5 heterocycles. The first-order valence-electron chi connectivity index (χ1n) is 15.2. The quantitative estimate of drug-likeness (QED) is 0.172. The largest absolute Gasteiger partial charge is 0.327 e. The smallest absolute Gasteiger partial charge is 0.324 e. The number of aromatic amines is 1. The molecule has 0 saturated carbocycles. The minimum absolute atomic E-state index is 0.000190. The van der Waals surface area contributed by atoms with Crippen LogP contribution in [0, 0.1) is 0 Å². The van der Waals surface area contributed by atoms with Crippen LogP contribution < -0.4 is 0 Å². The molecule has 3 aromatic heterocycles. The van der Waals surface area contributed by atoms with E-state index in [0.29, 0.717) is 33.0 Å². The first kappa shape index (κ1) is 32.0. The third kappa shape index (κ3) is 4.76. The SMILES string of the molecule is O=C(Cl)c1cc2c3nc4nc(nc5c6ccccc6c(nc6nc(nc([nH]3)c2c(C(=O)Cl)c1C(=O)Cl)-c1ccccc1-6)n5C(=O)Cl)-c1ccccc1-4. The van der Waals surface area contributed by atoms with Crippen LogP contribution in [-0.2, 0) is 0 Å².